The van der Waals surface area contributed by atoms with Crippen LogP contribution in [0, 0.1) is 28.5 Å². The fourth-order valence-electron chi connectivity index (χ4n) is 2.98. The summed E-state index contributed by atoms with van der Waals surface area (Å²) >= 11 is 0. The van der Waals surface area contributed by atoms with E-state index in [0.29, 0.717) is 27.7 Å². The average Bonchev–Trinajstić information content (AvgIpc) is 3.09. The molecule has 2 aromatic carbocycles. The second kappa shape index (κ2) is 7.50. The van der Waals surface area contributed by atoms with Crippen molar-refractivity contribution in [2.45, 2.75) is 32.4 Å². The largest absolute Gasteiger partial charge is 0.350 e. The number of carbonyl (C=O) groups is 1. The van der Waals surface area contributed by atoms with Gasteiger partial charge in [0.25, 0.3) is 0 Å². The van der Waals surface area contributed by atoms with Crippen LogP contribution in [0.2, 0.25) is 0 Å². The van der Waals surface area contributed by atoms with Gasteiger partial charge in [0.2, 0.25) is 5.91 Å². The summed E-state index contributed by atoms with van der Waals surface area (Å²) in [6.45, 7) is 3.45. The third-order valence-electron chi connectivity index (χ3n) is 4.55. The number of rotatable bonds is 5. The number of halogens is 1. The lowest BCUT2D eigenvalue weighted by Crippen LogP contribution is -2.27. The zero-order chi connectivity index (χ0) is 20.3. The van der Waals surface area contributed by atoms with Gasteiger partial charge in [0.05, 0.1) is 34.4 Å². The summed E-state index contributed by atoms with van der Waals surface area (Å²) < 4.78 is 15.9. The molecule has 0 saturated heterocycles. The molecule has 140 valence electrons. The minimum absolute atomic E-state index is 0.00276. The first kappa shape index (κ1) is 19.1. The lowest BCUT2D eigenvalue weighted by molar-refractivity contribution is -0.121. The van der Waals surface area contributed by atoms with E-state index in [2.05, 4.69) is 22.4 Å². The van der Waals surface area contributed by atoms with Gasteiger partial charge in [-0.25, -0.2) is 9.37 Å². The maximum absolute atomic E-state index is 14.3. The molecule has 1 N–H and O–H groups in total. The van der Waals surface area contributed by atoms with Gasteiger partial charge in [-0.3, -0.25) is 4.79 Å². The van der Waals surface area contributed by atoms with Crippen LogP contribution in [0.5, 0.6) is 0 Å². The highest BCUT2D eigenvalue weighted by molar-refractivity contribution is 5.84. The molecule has 0 saturated carbocycles. The molecule has 1 amide bonds. The van der Waals surface area contributed by atoms with Crippen LogP contribution in [0.3, 0.4) is 0 Å². The van der Waals surface area contributed by atoms with Gasteiger partial charge in [-0.15, -0.1) is 0 Å². The highest BCUT2D eigenvalue weighted by atomic mass is 19.1. The molecule has 0 atom stereocenters. The first-order chi connectivity index (χ1) is 13.4. The standard InChI is InChI=1S/C21H18FN5O/c1-21(2,12-24)16-7-6-14(8-17(16)22)10-25-19(28)11-27-13-26-18-5-3-4-15(9-23)20(18)27/h3-8,13H,10-11H2,1-2H3,(H,25,28). The van der Waals surface area contributed by atoms with Crippen molar-refractivity contribution in [2.24, 2.45) is 0 Å². The Hall–Kier alpha value is -3.71. The topological polar surface area (TPSA) is 94.5 Å². The van der Waals surface area contributed by atoms with E-state index in [4.69, 9.17) is 5.26 Å². The van der Waals surface area contributed by atoms with Gasteiger partial charge in [-0.2, -0.15) is 10.5 Å². The van der Waals surface area contributed by atoms with Gasteiger partial charge in [0.1, 0.15) is 18.4 Å². The van der Waals surface area contributed by atoms with Gasteiger partial charge >= 0.3 is 0 Å². The lowest BCUT2D eigenvalue weighted by Gasteiger charge is -2.17. The van der Waals surface area contributed by atoms with Crippen LogP contribution in [-0.4, -0.2) is 15.5 Å². The van der Waals surface area contributed by atoms with E-state index in [1.165, 1.54) is 12.4 Å². The maximum Gasteiger partial charge on any atom is 0.240 e. The summed E-state index contributed by atoms with van der Waals surface area (Å²) in [7, 11) is 0. The van der Waals surface area contributed by atoms with Crippen LogP contribution < -0.4 is 5.32 Å². The molecule has 3 aromatic rings. The summed E-state index contributed by atoms with van der Waals surface area (Å²) in [5.74, 6) is -0.758. The first-order valence-corrected chi connectivity index (χ1v) is 8.66. The fraction of sp³-hybridized carbons (Fsp3) is 0.238. The quantitative estimate of drug-likeness (QED) is 0.741. The van der Waals surface area contributed by atoms with E-state index < -0.39 is 11.2 Å². The second-order valence-corrected chi connectivity index (χ2v) is 6.99. The summed E-state index contributed by atoms with van der Waals surface area (Å²) in [5, 5.41) is 21.1. The molecule has 0 aliphatic carbocycles. The van der Waals surface area contributed by atoms with Gasteiger partial charge in [0, 0.05) is 12.1 Å². The molecule has 1 heterocycles. The monoisotopic (exact) mass is 375 g/mol. The smallest absolute Gasteiger partial charge is 0.240 e. The van der Waals surface area contributed by atoms with Crippen LogP contribution in [0.1, 0.15) is 30.5 Å². The Morgan fingerprint density at radius 2 is 2.07 bits per heavy atom. The Bertz CT molecular complexity index is 1130. The van der Waals surface area contributed by atoms with E-state index in [1.54, 1.807) is 48.7 Å². The molecule has 0 spiro atoms. The Kier molecular flexibility index (Phi) is 5.10. The highest BCUT2D eigenvalue weighted by Gasteiger charge is 2.23. The average molecular weight is 375 g/mol. The maximum atomic E-state index is 14.3. The first-order valence-electron chi connectivity index (χ1n) is 8.66. The third kappa shape index (κ3) is 3.70. The van der Waals surface area contributed by atoms with E-state index in [9.17, 15) is 14.4 Å². The molecule has 0 radical (unpaired) electrons. The van der Waals surface area contributed by atoms with E-state index >= 15 is 0 Å². The number of carbonyl (C=O) groups excluding carboxylic acids is 1. The molecular formula is C21H18FN5O. The van der Waals surface area contributed by atoms with E-state index in [-0.39, 0.29) is 19.0 Å². The molecule has 0 aliphatic heterocycles. The van der Waals surface area contributed by atoms with Crippen LogP contribution in [0.4, 0.5) is 4.39 Å². The Morgan fingerprint density at radius 1 is 1.29 bits per heavy atom. The number of fused-ring (bicyclic) bond motifs is 1. The molecule has 0 bridgehead atoms. The van der Waals surface area contributed by atoms with Crippen LogP contribution >= 0.6 is 0 Å². The number of nitrogens with one attached hydrogen (secondary N) is 1. The number of amides is 1. The minimum atomic E-state index is -0.924. The summed E-state index contributed by atoms with van der Waals surface area (Å²) in [6, 6.07) is 14.0. The Morgan fingerprint density at radius 3 is 2.75 bits per heavy atom. The van der Waals surface area contributed by atoms with E-state index in [1.807, 2.05) is 0 Å². The van der Waals surface area contributed by atoms with Crippen molar-refractivity contribution in [1.29, 1.82) is 10.5 Å². The molecule has 0 aliphatic rings. The van der Waals surface area contributed by atoms with Gasteiger partial charge < -0.3 is 9.88 Å². The second-order valence-electron chi connectivity index (χ2n) is 6.99. The number of hydrogen-bond acceptors (Lipinski definition) is 4. The molecule has 3 rings (SSSR count). The summed E-state index contributed by atoms with van der Waals surface area (Å²) in [6.07, 6.45) is 1.52. The number of nitrogens with zero attached hydrogens (tertiary/aromatic N) is 4. The van der Waals surface area contributed by atoms with Gasteiger partial charge in [0.15, 0.2) is 0 Å². The number of hydrogen-bond donors (Lipinski definition) is 1. The van der Waals surface area contributed by atoms with Gasteiger partial charge in [-0.05, 0) is 37.6 Å². The van der Waals surface area contributed by atoms with Crippen molar-refractivity contribution < 1.29 is 9.18 Å². The summed E-state index contributed by atoms with van der Waals surface area (Å²) in [5.41, 5.74) is 1.68. The molecule has 1 aromatic heterocycles. The molecule has 0 unspecified atom stereocenters. The van der Waals surface area contributed by atoms with Gasteiger partial charge in [-0.1, -0.05) is 18.2 Å². The van der Waals surface area contributed by atoms with Crippen molar-refractivity contribution in [3.8, 4) is 12.1 Å². The highest BCUT2D eigenvalue weighted by Crippen LogP contribution is 2.25. The molecular weight excluding hydrogens is 357 g/mol. The van der Waals surface area contributed by atoms with Crippen molar-refractivity contribution in [3.05, 3.63) is 65.2 Å². The fourth-order valence-corrected chi connectivity index (χ4v) is 2.98. The normalized spacial score (nSPS) is 11.0. The van der Waals surface area contributed by atoms with Crippen molar-refractivity contribution in [1.82, 2.24) is 14.9 Å². The van der Waals surface area contributed by atoms with Crippen LogP contribution in [0.25, 0.3) is 11.0 Å². The SMILES string of the molecule is CC(C)(C#N)c1ccc(CNC(=O)Cn2cnc3cccc(C#N)c32)cc1F. The number of aromatic nitrogens is 2. The predicted molar refractivity (Wildman–Crippen MR) is 101 cm³/mol. The third-order valence-corrected chi connectivity index (χ3v) is 4.55. The molecule has 28 heavy (non-hydrogen) atoms. The Balaban J connectivity index is 1.70. The molecule has 0 fully saturated rings. The Labute approximate surface area is 161 Å². The number of benzene rings is 2. The molecule has 7 heteroatoms. The minimum Gasteiger partial charge on any atom is -0.350 e. The number of nitriles is 2. The zero-order valence-corrected chi connectivity index (χ0v) is 15.5. The molecule has 6 nitrogen and oxygen atoms in total. The van der Waals surface area contributed by atoms with E-state index in [0.717, 1.165) is 0 Å². The number of para-hydroxylation sites is 1. The van der Waals surface area contributed by atoms with Crippen molar-refractivity contribution >= 4 is 16.9 Å². The summed E-state index contributed by atoms with van der Waals surface area (Å²) in [4.78, 5) is 16.5. The van der Waals surface area contributed by atoms with Crippen LogP contribution in [0.15, 0.2) is 42.7 Å². The van der Waals surface area contributed by atoms with Crippen molar-refractivity contribution in [2.75, 3.05) is 0 Å². The van der Waals surface area contributed by atoms with Crippen molar-refractivity contribution in [3.63, 3.8) is 0 Å². The predicted octanol–water partition coefficient (Wildman–Crippen LogP) is 3.16. The zero-order valence-electron chi connectivity index (χ0n) is 15.5. The number of imidazole rings is 1. The van der Waals surface area contributed by atoms with Crippen LogP contribution in [-0.2, 0) is 23.3 Å². The lowest BCUT2D eigenvalue weighted by atomic mass is 9.85.